The van der Waals surface area contributed by atoms with E-state index in [2.05, 4.69) is 15.0 Å². The SMILES string of the molecule is COC(OCc1ccccc1)C(CO)(C(C)=O)n1cnc2c(=O)[nH]c(N)nc21. The minimum absolute atomic E-state index is 0.0220. The number of aliphatic hydroxyl groups is 1. The van der Waals surface area contributed by atoms with Gasteiger partial charge in [0.05, 0.1) is 19.5 Å². The summed E-state index contributed by atoms with van der Waals surface area (Å²) >= 11 is 0. The summed E-state index contributed by atoms with van der Waals surface area (Å²) in [6.07, 6.45) is 0.0527. The molecule has 1 aromatic carbocycles. The quantitative estimate of drug-likeness (QED) is 0.464. The van der Waals surface area contributed by atoms with Crippen LogP contribution in [0, 0.1) is 0 Å². The molecule has 0 saturated carbocycles. The number of nitrogens with two attached hydrogens (primary N) is 1. The number of fused-ring (bicyclic) bond motifs is 1. The number of Topliss-reactive ketones (excluding diaryl/α,β-unsaturated/α-hetero) is 1. The molecule has 0 bridgehead atoms. The predicted octanol–water partition coefficient (Wildman–Crippen LogP) is 0.168. The van der Waals surface area contributed by atoms with Gasteiger partial charge in [-0.05, 0) is 12.5 Å². The van der Waals surface area contributed by atoms with Crippen molar-refractivity contribution in [1.29, 1.82) is 0 Å². The van der Waals surface area contributed by atoms with E-state index in [-0.39, 0.29) is 23.7 Å². The first-order valence-corrected chi connectivity index (χ1v) is 8.47. The predicted molar refractivity (Wildman–Crippen MR) is 100 cm³/mol. The highest BCUT2D eigenvalue weighted by Gasteiger charge is 2.48. The van der Waals surface area contributed by atoms with E-state index in [1.807, 2.05) is 30.3 Å². The Labute approximate surface area is 159 Å². The molecular formula is C18H21N5O5. The fourth-order valence-corrected chi connectivity index (χ4v) is 3.08. The molecule has 0 saturated heterocycles. The number of hydrogen-bond donors (Lipinski definition) is 3. The first-order chi connectivity index (χ1) is 13.4. The third-order valence-corrected chi connectivity index (χ3v) is 4.55. The molecule has 3 aromatic rings. The Kier molecular flexibility index (Phi) is 5.54. The van der Waals surface area contributed by atoms with Crippen molar-refractivity contribution >= 4 is 22.9 Å². The molecule has 0 amide bonds. The third-order valence-electron chi connectivity index (χ3n) is 4.55. The van der Waals surface area contributed by atoms with Crippen LogP contribution in [0.1, 0.15) is 12.5 Å². The lowest BCUT2D eigenvalue weighted by atomic mass is 9.94. The highest BCUT2D eigenvalue weighted by molar-refractivity contribution is 5.87. The number of ether oxygens (including phenoxy) is 2. The number of imidazole rings is 1. The highest BCUT2D eigenvalue weighted by atomic mass is 16.7. The highest BCUT2D eigenvalue weighted by Crippen LogP contribution is 2.29. The maximum absolute atomic E-state index is 12.7. The summed E-state index contributed by atoms with van der Waals surface area (Å²) < 4.78 is 12.5. The molecule has 10 nitrogen and oxygen atoms in total. The van der Waals surface area contributed by atoms with Crippen LogP contribution >= 0.6 is 0 Å². The Hall–Kier alpha value is -3.08. The average Bonchev–Trinajstić information content (AvgIpc) is 3.10. The van der Waals surface area contributed by atoms with Crippen LogP contribution in [0.5, 0.6) is 0 Å². The van der Waals surface area contributed by atoms with E-state index >= 15 is 0 Å². The van der Waals surface area contributed by atoms with Gasteiger partial charge in [0.2, 0.25) is 5.95 Å². The molecular weight excluding hydrogens is 366 g/mol. The van der Waals surface area contributed by atoms with Crippen LogP contribution in [0.4, 0.5) is 5.95 Å². The number of rotatable bonds is 8. The number of carbonyl (C=O) groups excluding carboxylic acids is 1. The van der Waals surface area contributed by atoms with E-state index in [9.17, 15) is 14.7 Å². The van der Waals surface area contributed by atoms with Gasteiger partial charge in [-0.2, -0.15) is 4.98 Å². The number of carbonyl (C=O) groups is 1. The summed E-state index contributed by atoms with van der Waals surface area (Å²) in [7, 11) is 1.36. The Bertz CT molecular complexity index is 1030. The lowest BCUT2D eigenvalue weighted by Gasteiger charge is -2.37. The first kappa shape index (κ1) is 19.7. The van der Waals surface area contributed by atoms with Crippen LogP contribution in [0.25, 0.3) is 11.2 Å². The molecule has 10 heteroatoms. The monoisotopic (exact) mass is 387 g/mol. The van der Waals surface area contributed by atoms with Crippen molar-refractivity contribution in [3.05, 3.63) is 52.6 Å². The summed E-state index contributed by atoms with van der Waals surface area (Å²) in [5.74, 6) is -0.608. The van der Waals surface area contributed by atoms with Gasteiger partial charge in [-0.3, -0.25) is 19.1 Å². The van der Waals surface area contributed by atoms with Crippen LogP contribution in [0.15, 0.2) is 41.5 Å². The smallest absolute Gasteiger partial charge is 0.280 e. The average molecular weight is 387 g/mol. The molecule has 148 valence electrons. The number of hydrogen-bond acceptors (Lipinski definition) is 8. The van der Waals surface area contributed by atoms with Gasteiger partial charge in [0.15, 0.2) is 28.8 Å². The molecule has 0 aliphatic rings. The summed E-state index contributed by atoms with van der Waals surface area (Å²) in [6, 6.07) is 9.29. The van der Waals surface area contributed by atoms with Crippen LogP contribution in [-0.2, 0) is 26.4 Å². The summed E-state index contributed by atoms with van der Waals surface area (Å²) in [5.41, 5.74) is 4.23. The maximum atomic E-state index is 12.7. The Morgan fingerprint density at radius 1 is 1.39 bits per heavy atom. The van der Waals surface area contributed by atoms with Crippen molar-refractivity contribution in [1.82, 2.24) is 19.5 Å². The number of aromatic nitrogens is 4. The number of nitrogens with zero attached hydrogens (tertiary/aromatic N) is 3. The number of benzene rings is 1. The van der Waals surface area contributed by atoms with Crippen molar-refractivity contribution in [2.45, 2.75) is 25.4 Å². The van der Waals surface area contributed by atoms with Gasteiger partial charge in [-0.25, -0.2) is 4.98 Å². The number of anilines is 1. The first-order valence-electron chi connectivity index (χ1n) is 8.47. The van der Waals surface area contributed by atoms with Crippen LogP contribution in [-0.4, -0.2) is 50.4 Å². The molecule has 0 radical (unpaired) electrons. The van der Waals surface area contributed by atoms with E-state index in [1.54, 1.807) is 0 Å². The maximum Gasteiger partial charge on any atom is 0.280 e. The van der Waals surface area contributed by atoms with E-state index in [1.165, 1.54) is 24.9 Å². The normalized spacial score (nSPS) is 14.7. The fourth-order valence-electron chi connectivity index (χ4n) is 3.08. The minimum atomic E-state index is -1.72. The van der Waals surface area contributed by atoms with Crippen molar-refractivity contribution in [2.75, 3.05) is 19.5 Å². The van der Waals surface area contributed by atoms with Crippen molar-refractivity contribution in [2.24, 2.45) is 0 Å². The molecule has 2 aromatic heterocycles. The zero-order chi connectivity index (χ0) is 20.3. The molecule has 2 atom stereocenters. The molecule has 2 heterocycles. The lowest BCUT2D eigenvalue weighted by molar-refractivity contribution is -0.202. The second-order valence-corrected chi connectivity index (χ2v) is 6.24. The van der Waals surface area contributed by atoms with Gasteiger partial charge in [0.1, 0.15) is 0 Å². The molecule has 0 fully saturated rings. The number of ketones is 1. The molecule has 2 unspecified atom stereocenters. The number of aromatic amines is 1. The largest absolute Gasteiger partial charge is 0.393 e. The minimum Gasteiger partial charge on any atom is -0.393 e. The Morgan fingerprint density at radius 2 is 2.11 bits per heavy atom. The second kappa shape index (κ2) is 7.89. The van der Waals surface area contributed by atoms with E-state index < -0.39 is 29.8 Å². The molecule has 0 aliphatic heterocycles. The molecule has 0 aliphatic carbocycles. The summed E-state index contributed by atoms with van der Waals surface area (Å²) in [6.45, 7) is 0.753. The number of H-pyrrole nitrogens is 1. The topological polar surface area (TPSA) is 145 Å². The van der Waals surface area contributed by atoms with Crippen molar-refractivity contribution in [3.63, 3.8) is 0 Å². The molecule has 0 spiro atoms. The zero-order valence-electron chi connectivity index (χ0n) is 15.5. The number of nitrogen functional groups attached to an aromatic ring is 1. The van der Waals surface area contributed by atoms with Crippen LogP contribution in [0.2, 0.25) is 0 Å². The van der Waals surface area contributed by atoms with Gasteiger partial charge < -0.3 is 20.3 Å². The Morgan fingerprint density at radius 3 is 2.71 bits per heavy atom. The van der Waals surface area contributed by atoms with E-state index in [0.717, 1.165) is 5.56 Å². The fraction of sp³-hybridized carbons (Fsp3) is 0.333. The Balaban J connectivity index is 2.09. The third kappa shape index (κ3) is 3.28. The van der Waals surface area contributed by atoms with E-state index in [0.29, 0.717) is 0 Å². The molecule has 3 rings (SSSR count). The molecule has 4 N–H and O–H groups in total. The zero-order valence-corrected chi connectivity index (χ0v) is 15.5. The summed E-state index contributed by atoms with van der Waals surface area (Å²) in [5, 5.41) is 10.2. The van der Waals surface area contributed by atoms with Crippen LogP contribution < -0.4 is 11.3 Å². The number of methoxy groups -OCH3 is 1. The van der Waals surface area contributed by atoms with Gasteiger partial charge in [0.25, 0.3) is 5.56 Å². The van der Waals surface area contributed by atoms with Gasteiger partial charge in [-0.1, -0.05) is 30.3 Å². The van der Waals surface area contributed by atoms with Crippen molar-refractivity contribution in [3.8, 4) is 0 Å². The number of aliphatic hydroxyl groups excluding tert-OH is 1. The number of nitrogens with one attached hydrogen (secondary N) is 1. The second-order valence-electron chi connectivity index (χ2n) is 6.24. The van der Waals surface area contributed by atoms with Gasteiger partial charge in [0, 0.05) is 7.11 Å². The molecule has 28 heavy (non-hydrogen) atoms. The standard InChI is InChI=1S/C18H21N5O5/c1-11(25)18(9-24,16(27-2)28-8-12-6-4-3-5-7-12)23-10-20-13-14(23)21-17(19)22-15(13)26/h3-7,10,16,24H,8-9H2,1-2H3,(H3,19,21,22,26). The summed E-state index contributed by atoms with van der Waals surface area (Å²) in [4.78, 5) is 35.2. The van der Waals surface area contributed by atoms with Gasteiger partial charge >= 0.3 is 0 Å². The van der Waals surface area contributed by atoms with Crippen LogP contribution in [0.3, 0.4) is 0 Å². The van der Waals surface area contributed by atoms with Gasteiger partial charge in [-0.15, -0.1) is 0 Å². The van der Waals surface area contributed by atoms with E-state index in [4.69, 9.17) is 15.2 Å². The van der Waals surface area contributed by atoms with Crippen molar-refractivity contribution < 1.29 is 19.4 Å². The lowest BCUT2D eigenvalue weighted by Crippen LogP contribution is -2.55.